The number of hydrogen-bond acceptors (Lipinski definition) is 9. The van der Waals surface area contributed by atoms with Crippen LogP contribution in [0.15, 0.2) is 36.5 Å². The number of benzene rings is 2. The maximum absolute atomic E-state index is 15.0. The molecule has 0 unspecified atom stereocenters. The number of piperazine rings is 1. The van der Waals surface area contributed by atoms with Crippen molar-refractivity contribution in [2.75, 3.05) is 54.4 Å². The van der Waals surface area contributed by atoms with E-state index in [1.165, 1.54) is 6.07 Å². The second-order valence-electron chi connectivity index (χ2n) is 9.37. The molecular weight excluding hydrogens is 496 g/mol. The highest BCUT2D eigenvalue weighted by molar-refractivity contribution is 7.22. The van der Waals surface area contributed by atoms with Crippen LogP contribution in [0.4, 0.5) is 31.2 Å². The van der Waals surface area contributed by atoms with Crippen molar-refractivity contribution >= 4 is 44.0 Å². The molecule has 1 saturated heterocycles. The summed E-state index contributed by atoms with van der Waals surface area (Å²) in [4.78, 5) is 17.6. The number of fused-ring (bicyclic) bond motifs is 2. The summed E-state index contributed by atoms with van der Waals surface area (Å²) in [7, 11) is 0. The number of hydrogen-bond donors (Lipinski definition) is 2. The van der Waals surface area contributed by atoms with Crippen molar-refractivity contribution in [1.29, 1.82) is 0 Å². The van der Waals surface area contributed by atoms with Crippen LogP contribution < -0.4 is 25.2 Å². The normalized spacial score (nSPS) is 15.7. The molecule has 4 aromatic rings. The van der Waals surface area contributed by atoms with Gasteiger partial charge in [0.15, 0.2) is 22.5 Å². The van der Waals surface area contributed by atoms with E-state index >= 15 is 0 Å². The van der Waals surface area contributed by atoms with Crippen LogP contribution >= 0.6 is 11.3 Å². The number of aromatic nitrogens is 3. The van der Waals surface area contributed by atoms with Crippen molar-refractivity contribution in [3.05, 3.63) is 48.2 Å². The molecule has 37 heavy (non-hydrogen) atoms. The summed E-state index contributed by atoms with van der Waals surface area (Å²) < 4.78 is 36.5. The maximum atomic E-state index is 15.0. The van der Waals surface area contributed by atoms with Crippen molar-refractivity contribution in [2.45, 2.75) is 19.9 Å². The van der Waals surface area contributed by atoms with E-state index in [1.807, 2.05) is 36.9 Å². The van der Waals surface area contributed by atoms with Gasteiger partial charge in [-0.1, -0.05) is 11.3 Å². The van der Waals surface area contributed by atoms with E-state index in [2.05, 4.69) is 25.5 Å². The monoisotopic (exact) mass is 523 g/mol. The number of anilines is 4. The zero-order valence-electron chi connectivity index (χ0n) is 20.6. The Hall–Kier alpha value is -3.57. The third-order valence-electron chi connectivity index (χ3n) is 6.57. The van der Waals surface area contributed by atoms with Gasteiger partial charge in [-0.05, 0) is 44.2 Å². The smallest absolute Gasteiger partial charge is 0.227 e. The van der Waals surface area contributed by atoms with Gasteiger partial charge in [0.2, 0.25) is 5.95 Å². The van der Waals surface area contributed by atoms with Crippen LogP contribution in [-0.4, -0.2) is 60.3 Å². The molecule has 0 saturated carbocycles. The molecule has 0 radical (unpaired) electrons. The quantitative estimate of drug-likeness (QED) is 0.387. The lowest BCUT2D eigenvalue weighted by Crippen LogP contribution is -2.43. The molecule has 0 aliphatic carbocycles. The molecule has 0 bridgehead atoms. The molecule has 192 valence electrons. The highest BCUT2D eigenvalue weighted by Gasteiger charge is 2.26. The predicted octanol–water partition coefficient (Wildman–Crippen LogP) is 4.79. The van der Waals surface area contributed by atoms with Crippen LogP contribution in [0.1, 0.15) is 13.8 Å². The second-order valence-corrected chi connectivity index (χ2v) is 10.4. The number of rotatable bonds is 5. The molecule has 2 aliphatic heterocycles. The van der Waals surface area contributed by atoms with Crippen molar-refractivity contribution in [3.8, 4) is 17.0 Å². The first-order valence-corrected chi connectivity index (χ1v) is 13.2. The minimum atomic E-state index is -0.631. The summed E-state index contributed by atoms with van der Waals surface area (Å²) >= 11 is 1.66. The van der Waals surface area contributed by atoms with E-state index in [-0.39, 0.29) is 23.4 Å². The summed E-state index contributed by atoms with van der Waals surface area (Å²) in [6, 6.07) is 8.98. The Morgan fingerprint density at radius 3 is 2.70 bits per heavy atom. The Labute approximate surface area is 217 Å². The van der Waals surface area contributed by atoms with Gasteiger partial charge >= 0.3 is 0 Å². The number of halogens is 2. The van der Waals surface area contributed by atoms with Crippen LogP contribution in [0.3, 0.4) is 0 Å². The van der Waals surface area contributed by atoms with E-state index in [9.17, 15) is 8.78 Å². The molecule has 2 N–H and O–H groups in total. The van der Waals surface area contributed by atoms with Crippen molar-refractivity contribution < 1.29 is 13.5 Å². The summed E-state index contributed by atoms with van der Waals surface area (Å²) in [5, 5.41) is 7.51. The van der Waals surface area contributed by atoms with Crippen LogP contribution in [0.5, 0.6) is 5.75 Å². The second kappa shape index (κ2) is 9.71. The fraction of sp³-hybridized carbons (Fsp3) is 0.346. The molecule has 0 atom stereocenters. The van der Waals surface area contributed by atoms with Crippen molar-refractivity contribution in [1.82, 2.24) is 20.3 Å². The van der Waals surface area contributed by atoms with Gasteiger partial charge < -0.3 is 25.2 Å². The van der Waals surface area contributed by atoms with Gasteiger partial charge in [-0.2, -0.15) is 0 Å². The molecule has 1 fully saturated rings. The molecule has 2 aromatic carbocycles. The number of ether oxygens (including phenoxy) is 1. The van der Waals surface area contributed by atoms with Gasteiger partial charge in [0, 0.05) is 43.5 Å². The fourth-order valence-electron chi connectivity index (χ4n) is 4.72. The standard InChI is InChI=1S/C26H27F2N7OS/c1-15(2)35-9-10-36-24-18(27)11-16(12-21(24)35)23-19(28)14-30-25(33-23)31-17-3-4-22-20(13-17)32-26(37-22)34-7-5-29-6-8-34/h3-4,11-15,29H,5-10H2,1-2H3,(H,30,31,33). The Morgan fingerprint density at radius 1 is 1.05 bits per heavy atom. The van der Waals surface area contributed by atoms with Crippen LogP contribution in [0, 0.1) is 11.6 Å². The minimum absolute atomic E-state index is 0.0178. The zero-order chi connectivity index (χ0) is 25.5. The lowest BCUT2D eigenvalue weighted by Gasteiger charge is -2.34. The van der Waals surface area contributed by atoms with Crippen molar-refractivity contribution in [2.24, 2.45) is 0 Å². The summed E-state index contributed by atoms with van der Waals surface area (Å²) in [6.07, 6.45) is 1.10. The average molecular weight is 524 g/mol. The first-order valence-electron chi connectivity index (χ1n) is 12.4. The summed E-state index contributed by atoms with van der Waals surface area (Å²) in [6.45, 7) is 8.84. The van der Waals surface area contributed by atoms with Gasteiger partial charge in [0.1, 0.15) is 12.3 Å². The first kappa shape index (κ1) is 23.8. The maximum Gasteiger partial charge on any atom is 0.227 e. The Kier molecular flexibility index (Phi) is 6.25. The van der Waals surface area contributed by atoms with E-state index < -0.39 is 11.6 Å². The van der Waals surface area contributed by atoms with Crippen LogP contribution in [0.2, 0.25) is 0 Å². The highest BCUT2D eigenvalue weighted by Crippen LogP contribution is 2.39. The van der Waals surface area contributed by atoms with Crippen LogP contribution in [0.25, 0.3) is 21.5 Å². The van der Waals surface area contributed by atoms with E-state index in [0.29, 0.717) is 24.4 Å². The Morgan fingerprint density at radius 2 is 1.89 bits per heavy atom. The van der Waals surface area contributed by atoms with E-state index in [0.717, 1.165) is 53.4 Å². The van der Waals surface area contributed by atoms with Crippen LogP contribution in [-0.2, 0) is 0 Å². The number of nitrogens with zero attached hydrogens (tertiary/aromatic N) is 5. The highest BCUT2D eigenvalue weighted by atomic mass is 32.1. The number of thiazole rings is 1. The third kappa shape index (κ3) is 4.64. The fourth-order valence-corrected chi connectivity index (χ4v) is 5.72. The SMILES string of the molecule is CC(C)N1CCOc2c(F)cc(-c3nc(Nc4ccc5sc(N6CCNCC6)nc5c4)ncc3F)cc21. The predicted molar refractivity (Wildman–Crippen MR) is 143 cm³/mol. The largest absolute Gasteiger partial charge is 0.486 e. The molecule has 2 aliphatic rings. The summed E-state index contributed by atoms with van der Waals surface area (Å²) in [5.41, 5.74) is 2.54. The topological polar surface area (TPSA) is 78.4 Å². The van der Waals surface area contributed by atoms with Gasteiger partial charge in [0.25, 0.3) is 0 Å². The summed E-state index contributed by atoms with van der Waals surface area (Å²) in [5.74, 6) is -0.773. The molecule has 4 heterocycles. The Bertz CT molecular complexity index is 1450. The molecule has 8 nitrogen and oxygen atoms in total. The average Bonchev–Trinajstić information content (AvgIpc) is 3.33. The molecule has 2 aromatic heterocycles. The lowest BCUT2D eigenvalue weighted by molar-refractivity contribution is 0.287. The minimum Gasteiger partial charge on any atom is -0.486 e. The van der Waals surface area contributed by atoms with Crippen molar-refractivity contribution in [3.63, 3.8) is 0 Å². The first-order chi connectivity index (χ1) is 18.0. The third-order valence-corrected chi connectivity index (χ3v) is 7.67. The molecule has 6 rings (SSSR count). The lowest BCUT2D eigenvalue weighted by atomic mass is 10.1. The van der Waals surface area contributed by atoms with Gasteiger partial charge in [-0.25, -0.2) is 23.7 Å². The van der Waals surface area contributed by atoms with Gasteiger partial charge in [-0.3, -0.25) is 0 Å². The molecular formula is C26H27F2N7OS. The zero-order valence-corrected chi connectivity index (χ0v) is 21.4. The van der Waals surface area contributed by atoms with E-state index in [4.69, 9.17) is 9.72 Å². The Balaban J connectivity index is 1.30. The van der Waals surface area contributed by atoms with E-state index in [1.54, 1.807) is 17.4 Å². The van der Waals surface area contributed by atoms with Gasteiger partial charge in [-0.15, -0.1) is 0 Å². The van der Waals surface area contributed by atoms with Gasteiger partial charge in [0.05, 0.1) is 28.6 Å². The molecule has 0 spiro atoms. The number of nitrogens with one attached hydrogen (secondary N) is 2. The molecule has 11 heteroatoms. The molecule has 0 amide bonds.